The molecule has 9 aromatic rings. The predicted molar refractivity (Wildman–Crippen MR) is 208 cm³/mol. The number of benzene rings is 8. The molecule has 1 aliphatic rings. The molecule has 0 aliphatic carbocycles. The first-order valence-electron chi connectivity index (χ1n) is 17.0. The summed E-state index contributed by atoms with van der Waals surface area (Å²) in [6, 6.07) is 61.7. The Morgan fingerprint density at radius 2 is 1.02 bits per heavy atom. The molecule has 1 N–H and O–H groups in total. The molecular formula is C47H32N2. The standard InChI is InChI=1S/C47H32N2/c1-3-15-33(16-4-1)41-29-35(30-42(48-41)34-17-5-2-6-18-34)36-21-11-23-40-39(36)22-12-24-43(40)49-44-27-25-31-13-7-9-19-37(31)46(44)47-38-20-10-8-14-32(38)26-28-45(47)49/h1-30,41,48H. The number of rotatable bonds is 4. The molecule has 2 heterocycles. The lowest BCUT2D eigenvalue weighted by Crippen LogP contribution is -2.21. The molecule has 230 valence electrons. The Balaban J connectivity index is 1.24. The van der Waals surface area contributed by atoms with Gasteiger partial charge in [-0.1, -0.05) is 152 Å². The molecule has 1 unspecified atom stereocenters. The van der Waals surface area contributed by atoms with Crippen LogP contribution < -0.4 is 5.32 Å². The van der Waals surface area contributed by atoms with Crippen molar-refractivity contribution in [2.45, 2.75) is 6.04 Å². The Morgan fingerprint density at radius 1 is 0.449 bits per heavy atom. The molecule has 0 spiro atoms. The van der Waals surface area contributed by atoms with Crippen LogP contribution in [0.25, 0.3) is 71.1 Å². The zero-order valence-electron chi connectivity index (χ0n) is 26.8. The highest BCUT2D eigenvalue weighted by Crippen LogP contribution is 2.43. The summed E-state index contributed by atoms with van der Waals surface area (Å²) in [5.74, 6) is 0. The van der Waals surface area contributed by atoms with E-state index >= 15 is 0 Å². The maximum atomic E-state index is 3.82. The fraction of sp³-hybridized carbons (Fsp3) is 0.0213. The number of hydrogen-bond acceptors (Lipinski definition) is 1. The molecule has 2 nitrogen and oxygen atoms in total. The van der Waals surface area contributed by atoms with E-state index in [2.05, 4.69) is 192 Å². The molecule has 0 fully saturated rings. The number of dihydropyridines is 1. The maximum Gasteiger partial charge on any atom is 0.0707 e. The van der Waals surface area contributed by atoms with Crippen molar-refractivity contribution in [2.24, 2.45) is 0 Å². The molecule has 1 atom stereocenters. The van der Waals surface area contributed by atoms with Gasteiger partial charge in [0.2, 0.25) is 0 Å². The molecule has 0 radical (unpaired) electrons. The summed E-state index contributed by atoms with van der Waals surface area (Å²) in [4.78, 5) is 0. The molecule has 0 saturated carbocycles. The highest BCUT2D eigenvalue weighted by molar-refractivity contribution is 6.28. The third-order valence-electron chi connectivity index (χ3n) is 10.2. The predicted octanol–water partition coefficient (Wildman–Crippen LogP) is 12.0. The van der Waals surface area contributed by atoms with E-state index in [1.165, 1.54) is 82.1 Å². The number of fused-ring (bicyclic) bond motifs is 8. The number of allylic oxidation sites excluding steroid dienone is 2. The average molecular weight is 625 g/mol. The van der Waals surface area contributed by atoms with Crippen LogP contribution in [-0.2, 0) is 0 Å². The monoisotopic (exact) mass is 624 g/mol. The first-order chi connectivity index (χ1) is 24.3. The first-order valence-corrected chi connectivity index (χ1v) is 17.0. The van der Waals surface area contributed by atoms with Crippen LogP contribution in [0.15, 0.2) is 182 Å². The van der Waals surface area contributed by atoms with Gasteiger partial charge in [-0.05, 0) is 79.5 Å². The third kappa shape index (κ3) is 4.42. The SMILES string of the molecule is C1=C(c2ccccc2)NC(c2ccccc2)C=C1c1cccc2c(-n3c4ccc5ccccc5c4c4c5ccccc5ccc43)cccc12. The van der Waals surface area contributed by atoms with E-state index in [1.807, 2.05) is 0 Å². The molecule has 8 aromatic carbocycles. The minimum atomic E-state index is 0.0498. The summed E-state index contributed by atoms with van der Waals surface area (Å²) < 4.78 is 2.49. The number of nitrogens with one attached hydrogen (secondary N) is 1. The molecular weight excluding hydrogens is 593 g/mol. The summed E-state index contributed by atoms with van der Waals surface area (Å²) in [7, 11) is 0. The van der Waals surface area contributed by atoms with E-state index in [-0.39, 0.29) is 6.04 Å². The molecule has 2 heteroatoms. The van der Waals surface area contributed by atoms with Crippen LogP contribution in [-0.4, -0.2) is 4.57 Å². The van der Waals surface area contributed by atoms with Gasteiger partial charge < -0.3 is 9.88 Å². The van der Waals surface area contributed by atoms with E-state index < -0.39 is 0 Å². The highest BCUT2D eigenvalue weighted by atomic mass is 15.0. The van der Waals surface area contributed by atoms with Crippen molar-refractivity contribution >= 4 is 65.4 Å². The Morgan fingerprint density at radius 3 is 1.71 bits per heavy atom. The Labute approximate surface area is 284 Å². The first kappa shape index (κ1) is 27.7. The van der Waals surface area contributed by atoms with Crippen molar-refractivity contribution in [2.75, 3.05) is 0 Å². The van der Waals surface area contributed by atoms with Gasteiger partial charge in [0.25, 0.3) is 0 Å². The number of hydrogen-bond donors (Lipinski definition) is 1. The lowest BCUT2D eigenvalue weighted by Gasteiger charge is -2.26. The molecule has 10 rings (SSSR count). The van der Waals surface area contributed by atoms with Gasteiger partial charge in [0.05, 0.1) is 22.8 Å². The minimum absolute atomic E-state index is 0.0498. The van der Waals surface area contributed by atoms with Crippen LogP contribution in [0.2, 0.25) is 0 Å². The Bertz CT molecular complexity index is 2690. The lowest BCUT2D eigenvalue weighted by molar-refractivity contribution is 0.767. The summed E-state index contributed by atoms with van der Waals surface area (Å²) in [6.07, 6.45) is 4.69. The quantitative estimate of drug-likeness (QED) is 0.206. The van der Waals surface area contributed by atoms with Crippen LogP contribution >= 0.6 is 0 Å². The van der Waals surface area contributed by atoms with Gasteiger partial charge in [-0.3, -0.25) is 0 Å². The van der Waals surface area contributed by atoms with Gasteiger partial charge in [0.1, 0.15) is 0 Å². The second kappa shape index (κ2) is 11.1. The average Bonchev–Trinajstić information content (AvgIpc) is 3.53. The van der Waals surface area contributed by atoms with Gasteiger partial charge in [-0.15, -0.1) is 0 Å². The summed E-state index contributed by atoms with van der Waals surface area (Å²) >= 11 is 0. The zero-order chi connectivity index (χ0) is 32.3. The van der Waals surface area contributed by atoms with Crippen LogP contribution in [0.3, 0.4) is 0 Å². The van der Waals surface area contributed by atoms with Crippen LogP contribution in [0.4, 0.5) is 0 Å². The van der Waals surface area contributed by atoms with Gasteiger partial charge in [0, 0.05) is 21.9 Å². The molecule has 0 saturated heterocycles. The fourth-order valence-electron chi connectivity index (χ4n) is 7.97. The van der Waals surface area contributed by atoms with Gasteiger partial charge in [0.15, 0.2) is 0 Å². The van der Waals surface area contributed by atoms with Crippen molar-refractivity contribution in [3.05, 3.63) is 199 Å². The van der Waals surface area contributed by atoms with E-state index in [1.54, 1.807) is 0 Å². The Kier molecular flexibility index (Phi) is 6.28. The van der Waals surface area contributed by atoms with Crippen LogP contribution in [0, 0.1) is 0 Å². The molecule has 1 aliphatic heterocycles. The van der Waals surface area contributed by atoms with Crippen molar-refractivity contribution in [3.63, 3.8) is 0 Å². The maximum absolute atomic E-state index is 3.82. The largest absolute Gasteiger partial charge is 0.374 e. The van der Waals surface area contributed by atoms with E-state index in [4.69, 9.17) is 0 Å². The van der Waals surface area contributed by atoms with Crippen molar-refractivity contribution in [1.29, 1.82) is 0 Å². The summed E-state index contributed by atoms with van der Waals surface area (Å²) in [5.41, 5.74) is 9.62. The summed E-state index contributed by atoms with van der Waals surface area (Å²) in [5, 5.41) is 14.0. The smallest absolute Gasteiger partial charge is 0.0707 e. The fourth-order valence-corrected chi connectivity index (χ4v) is 7.97. The van der Waals surface area contributed by atoms with E-state index in [0.717, 1.165) is 5.70 Å². The number of nitrogens with zero attached hydrogens (tertiary/aromatic N) is 1. The lowest BCUT2D eigenvalue weighted by atomic mass is 9.90. The van der Waals surface area contributed by atoms with Gasteiger partial charge in [-0.25, -0.2) is 0 Å². The van der Waals surface area contributed by atoms with Crippen LogP contribution in [0.5, 0.6) is 0 Å². The van der Waals surface area contributed by atoms with Gasteiger partial charge >= 0.3 is 0 Å². The molecule has 0 bridgehead atoms. The Hall–Kier alpha value is -6.38. The third-order valence-corrected chi connectivity index (χ3v) is 10.2. The number of aromatic nitrogens is 1. The topological polar surface area (TPSA) is 17.0 Å². The second-order valence-corrected chi connectivity index (χ2v) is 13.0. The summed E-state index contributed by atoms with van der Waals surface area (Å²) in [6.45, 7) is 0. The normalized spacial score (nSPS) is 14.7. The molecule has 0 amide bonds. The van der Waals surface area contributed by atoms with Crippen molar-refractivity contribution in [1.82, 2.24) is 9.88 Å². The minimum Gasteiger partial charge on any atom is -0.374 e. The molecule has 1 aromatic heterocycles. The second-order valence-electron chi connectivity index (χ2n) is 13.0. The van der Waals surface area contributed by atoms with Gasteiger partial charge in [-0.2, -0.15) is 0 Å². The van der Waals surface area contributed by atoms with E-state index in [0.29, 0.717) is 0 Å². The van der Waals surface area contributed by atoms with Crippen molar-refractivity contribution in [3.8, 4) is 5.69 Å². The molecule has 49 heavy (non-hydrogen) atoms. The highest BCUT2D eigenvalue weighted by Gasteiger charge is 2.21. The van der Waals surface area contributed by atoms with E-state index in [9.17, 15) is 0 Å². The van der Waals surface area contributed by atoms with Crippen molar-refractivity contribution < 1.29 is 0 Å². The van der Waals surface area contributed by atoms with Crippen LogP contribution in [0.1, 0.15) is 22.7 Å². The zero-order valence-corrected chi connectivity index (χ0v) is 26.8.